The van der Waals surface area contributed by atoms with Crippen molar-refractivity contribution in [3.63, 3.8) is 0 Å². The minimum absolute atomic E-state index is 0.0442. The third-order valence-electron chi connectivity index (χ3n) is 9.72. The van der Waals surface area contributed by atoms with Crippen molar-refractivity contribution in [1.82, 2.24) is 47.2 Å². The Hall–Kier alpha value is -6.31. The summed E-state index contributed by atoms with van der Waals surface area (Å²) < 4.78 is 0. The van der Waals surface area contributed by atoms with Crippen LogP contribution in [0.1, 0.15) is 63.6 Å². The first-order chi connectivity index (χ1) is 30.7. The number of phenols is 1. The predicted octanol–water partition coefficient (Wildman–Crippen LogP) is -4.11. The Labute approximate surface area is 379 Å². The fourth-order valence-electron chi connectivity index (χ4n) is 6.00. The maximum Gasteiger partial charge on any atom is 0.328 e. The molecule has 0 spiro atoms. The molecule has 0 fully saturated rings. The number of aromatic nitrogens is 2. The van der Waals surface area contributed by atoms with E-state index in [0.717, 1.165) is 0 Å². The van der Waals surface area contributed by atoms with Crippen LogP contribution in [0.15, 0.2) is 36.8 Å². The second kappa shape index (κ2) is 28.5. The molecule has 360 valence electrons. The van der Waals surface area contributed by atoms with E-state index in [4.69, 9.17) is 17.2 Å². The number of nitrogens with zero attached hydrogens (tertiary/aromatic N) is 1. The summed E-state index contributed by atoms with van der Waals surface area (Å²) in [6.07, 6.45) is 3.48. The first kappa shape index (κ1) is 54.8. The van der Waals surface area contributed by atoms with Gasteiger partial charge in [0.05, 0.1) is 25.0 Å². The van der Waals surface area contributed by atoms with Gasteiger partial charge >= 0.3 is 5.97 Å². The molecule has 0 aliphatic rings. The van der Waals surface area contributed by atoms with Crippen molar-refractivity contribution in [3.05, 3.63) is 48.0 Å². The first-order valence-electron chi connectivity index (χ1n) is 20.7. The molecule has 0 radical (unpaired) electrons. The van der Waals surface area contributed by atoms with E-state index in [9.17, 15) is 58.5 Å². The number of primary amides is 1. The highest BCUT2D eigenvalue weighted by Gasteiger charge is 2.33. The van der Waals surface area contributed by atoms with Crippen LogP contribution in [0.2, 0.25) is 0 Å². The van der Waals surface area contributed by atoms with Crippen molar-refractivity contribution >= 4 is 65.0 Å². The van der Waals surface area contributed by atoms with Gasteiger partial charge in [0.25, 0.3) is 0 Å². The average molecular weight is 935 g/mol. The van der Waals surface area contributed by atoms with Crippen molar-refractivity contribution in [2.24, 2.45) is 17.2 Å². The lowest BCUT2D eigenvalue weighted by molar-refractivity contribution is -0.145. The number of aliphatic hydroxyl groups excluding tert-OH is 1. The number of aliphatic carboxylic acids is 1. The number of rotatable bonds is 30. The molecule has 1 heterocycles. The predicted molar refractivity (Wildman–Crippen MR) is 236 cm³/mol. The van der Waals surface area contributed by atoms with Crippen molar-refractivity contribution in [1.29, 1.82) is 0 Å². The minimum Gasteiger partial charge on any atom is -0.508 e. The average Bonchev–Trinajstić information content (AvgIpc) is 3.77. The third-order valence-corrected chi connectivity index (χ3v) is 10.4. The number of carboxylic acid groups (broad SMARTS) is 1. The molecule has 0 aliphatic heterocycles. The molecule has 0 bridgehead atoms. The number of hydrogen-bond acceptors (Lipinski definition) is 15. The number of nitrogens with one attached hydrogen (secondary N) is 8. The van der Waals surface area contributed by atoms with E-state index in [2.05, 4.69) is 47.2 Å². The van der Waals surface area contributed by atoms with Crippen LogP contribution < -0.4 is 54.4 Å². The van der Waals surface area contributed by atoms with E-state index in [1.807, 2.05) is 0 Å². The number of carboxylic acids is 1. The lowest BCUT2D eigenvalue weighted by Crippen LogP contribution is -2.60. The number of aromatic amines is 1. The van der Waals surface area contributed by atoms with Gasteiger partial charge in [0.1, 0.15) is 36.0 Å². The Kier molecular flexibility index (Phi) is 24.0. The topological polar surface area (TPSA) is 405 Å². The van der Waals surface area contributed by atoms with Gasteiger partial charge in [-0.2, -0.15) is 11.8 Å². The monoisotopic (exact) mass is 934 g/mol. The van der Waals surface area contributed by atoms with Gasteiger partial charge in [-0.25, -0.2) is 9.78 Å². The molecule has 0 saturated heterocycles. The van der Waals surface area contributed by atoms with Gasteiger partial charge in [0.15, 0.2) is 6.04 Å². The van der Waals surface area contributed by atoms with E-state index in [1.54, 1.807) is 6.26 Å². The number of thioether (sulfide) groups is 1. The number of H-pyrrole nitrogens is 1. The van der Waals surface area contributed by atoms with Crippen LogP contribution in [0.4, 0.5) is 0 Å². The Morgan fingerprint density at radius 2 is 1.34 bits per heavy atom. The molecule has 8 atom stereocenters. The molecular formula is C40H62N12O12S. The summed E-state index contributed by atoms with van der Waals surface area (Å²) in [4.78, 5) is 123. The van der Waals surface area contributed by atoms with Crippen LogP contribution in [0.3, 0.4) is 0 Å². The number of amides is 8. The maximum atomic E-state index is 14.0. The highest BCUT2D eigenvalue weighted by molar-refractivity contribution is 7.98. The van der Waals surface area contributed by atoms with Gasteiger partial charge in [-0.1, -0.05) is 12.1 Å². The van der Waals surface area contributed by atoms with Crippen molar-refractivity contribution in [2.75, 3.05) is 25.1 Å². The van der Waals surface area contributed by atoms with E-state index in [-0.39, 0.29) is 50.8 Å². The summed E-state index contributed by atoms with van der Waals surface area (Å²) >= 11 is 1.37. The summed E-state index contributed by atoms with van der Waals surface area (Å²) in [5.41, 5.74) is 17.5. The number of hydrogen-bond donors (Lipinski definition) is 14. The van der Waals surface area contributed by atoms with Crippen LogP contribution >= 0.6 is 11.8 Å². The van der Waals surface area contributed by atoms with Crippen LogP contribution in [0.5, 0.6) is 5.75 Å². The van der Waals surface area contributed by atoms with Crippen molar-refractivity contribution < 1.29 is 58.5 Å². The molecule has 17 N–H and O–H groups in total. The second-order valence-corrected chi connectivity index (χ2v) is 16.1. The number of aliphatic hydroxyl groups is 1. The quantitative estimate of drug-likeness (QED) is 0.0331. The zero-order chi connectivity index (χ0) is 48.6. The number of phenolic OH excluding ortho intramolecular Hbond substituents is 1. The molecule has 25 heteroatoms. The normalized spacial score (nSPS) is 14.7. The zero-order valence-corrected chi connectivity index (χ0v) is 37.3. The third kappa shape index (κ3) is 20.4. The molecule has 1 aromatic carbocycles. The molecule has 24 nitrogen and oxygen atoms in total. The lowest BCUT2D eigenvalue weighted by Gasteiger charge is -2.27. The fourth-order valence-corrected chi connectivity index (χ4v) is 6.48. The van der Waals surface area contributed by atoms with Gasteiger partial charge in [0, 0.05) is 31.2 Å². The van der Waals surface area contributed by atoms with E-state index < -0.39 is 108 Å². The number of benzene rings is 1. The zero-order valence-electron chi connectivity index (χ0n) is 36.5. The number of nitrogens with two attached hydrogens (primary N) is 3. The fraction of sp³-hybridized carbons (Fsp3) is 0.550. The Bertz CT molecular complexity index is 1900. The summed E-state index contributed by atoms with van der Waals surface area (Å²) in [6, 6.07) is -3.58. The molecule has 0 unspecified atom stereocenters. The maximum absolute atomic E-state index is 14.0. The van der Waals surface area contributed by atoms with Gasteiger partial charge in [0.2, 0.25) is 47.3 Å². The summed E-state index contributed by atoms with van der Waals surface area (Å²) in [6.45, 7) is 2.10. The largest absolute Gasteiger partial charge is 0.508 e. The van der Waals surface area contributed by atoms with Gasteiger partial charge in [-0.05, 0) is 82.2 Å². The standard InChI is InChI=1S/C40H62N12O12S/c1-21(34(57)52-33(22(2)53)40(63)64)47-38(61)30(17-24-18-44-20-46-24)51-36(59)27(6-4-5-14-41)49-37(60)28(13-15-65-3)50-39(62)29(16-23-7-9-25(54)10-8-23)48-32(56)19-45-35(58)26(42)11-12-31(43)55/h7-10,18,20-22,26-30,33,53-54H,4-6,11-17,19,41-42H2,1-3H3,(H2,43,55)(H,44,46)(H,45,58)(H,47,61)(H,48,56)(H,49,60)(H,50,62)(H,51,59)(H,52,57)(H,63,64)/t21-,22+,26-,27-,28-,29-,30-,33-/m0/s1. The van der Waals surface area contributed by atoms with Crippen molar-refractivity contribution in [3.8, 4) is 5.75 Å². The molecular weight excluding hydrogens is 873 g/mol. The molecule has 65 heavy (non-hydrogen) atoms. The van der Waals surface area contributed by atoms with E-state index >= 15 is 0 Å². The molecule has 1 aromatic heterocycles. The summed E-state index contributed by atoms with van der Waals surface area (Å²) in [5, 5.41) is 46.4. The smallest absolute Gasteiger partial charge is 0.328 e. The van der Waals surface area contributed by atoms with Gasteiger partial charge in [-0.15, -0.1) is 0 Å². The number of carbonyl (C=O) groups excluding carboxylic acids is 8. The van der Waals surface area contributed by atoms with Crippen LogP contribution in [0.25, 0.3) is 0 Å². The highest BCUT2D eigenvalue weighted by atomic mass is 32.2. The Morgan fingerprint density at radius 1 is 0.754 bits per heavy atom. The van der Waals surface area contributed by atoms with E-state index in [0.29, 0.717) is 29.9 Å². The number of imidazole rings is 1. The first-order valence-corrected chi connectivity index (χ1v) is 22.1. The van der Waals surface area contributed by atoms with Gasteiger partial charge in [-0.3, -0.25) is 38.4 Å². The van der Waals surface area contributed by atoms with Crippen LogP contribution in [-0.2, 0) is 56.0 Å². The lowest BCUT2D eigenvalue weighted by atomic mass is 10.0. The van der Waals surface area contributed by atoms with Crippen molar-refractivity contribution in [2.45, 2.75) is 114 Å². The molecule has 2 rings (SSSR count). The number of unbranched alkanes of at least 4 members (excludes halogenated alkanes) is 1. The molecule has 0 saturated carbocycles. The number of aromatic hydroxyl groups is 1. The Balaban J connectivity index is 2.33. The number of carbonyl (C=O) groups is 9. The molecule has 8 amide bonds. The summed E-state index contributed by atoms with van der Waals surface area (Å²) in [5.74, 6) is -7.58. The van der Waals surface area contributed by atoms with Gasteiger partial charge < -0.3 is 74.7 Å². The SMILES string of the molecule is CSCC[C@H](NC(=O)[C@H](Cc1ccc(O)cc1)NC(=O)CNC(=O)[C@@H](N)CCC(N)=O)C(=O)N[C@@H](CCCCN)C(=O)N[C@@H](Cc1cnc[nH]1)C(=O)N[C@@H](C)C(=O)N[C@H](C(=O)O)[C@@H](C)O. The van der Waals surface area contributed by atoms with Crippen LogP contribution in [0, 0.1) is 0 Å². The second-order valence-electron chi connectivity index (χ2n) is 15.1. The Morgan fingerprint density at radius 3 is 1.89 bits per heavy atom. The molecule has 2 aromatic rings. The summed E-state index contributed by atoms with van der Waals surface area (Å²) in [7, 11) is 0. The van der Waals surface area contributed by atoms with E-state index in [1.165, 1.54) is 62.4 Å². The van der Waals surface area contributed by atoms with Crippen LogP contribution in [-0.4, -0.2) is 152 Å². The minimum atomic E-state index is -1.67. The molecule has 0 aliphatic carbocycles. The highest BCUT2D eigenvalue weighted by Crippen LogP contribution is 2.13.